The lowest BCUT2D eigenvalue weighted by molar-refractivity contribution is -0.146. The summed E-state index contributed by atoms with van der Waals surface area (Å²) in [6, 6.07) is 15.2. The lowest BCUT2D eigenvalue weighted by Crippen LogP contribution is -2.48. The van der Waals surface area contributed by atoms with E-state index < -0.39 is 17.9 Å². The van der Waals surface area contributed by atoms with E-state index in [2.05, 4.69) is 26.6 Å². The number of anilines is 1. The Morgan fingerprint density at radius 1 is 1.10 bits per heavy atom. The van der Waals surface area contributed by atoms with Gasteiger partial charge in [0.15, 0.2) is 6.04 Å². The first kappa shape index (κ1) is 21.8. The van der Waals surface area contributed by atoms with Gasteiger partial charge in [0.05, 0.1) is 13.0 Å². The van der Waals surface area contributed by atoms with Crippen molar-refractivity contribution < 1.29 is 19.1 Å². The summed E-state index contributed by atoms with van der Waals surface area (Å²) in [6.07, 6.45) is 1.36. The standard InChI is InChI=1S/C22H24BrN3O4/c1-30-21(28)19(15-9-11-17(23)12-10-15)25-20(27)16-6-5-13-26(14-16)22(29)24-18-7-3-2-4-8-18/h2-4,7-12,16,19H,5-6,13-14H2,1H3,(H,24,29)(H,25,27). The predicted octanol–water partition coefficient (Wildman–Crippen LogP) is 3.72. The number of methoxy groups -OCH3 is 1. The maximum Gasteiger partial charge on any atom is 0.333 e. The van der Waals surface area contributed by atoms with Crippen LogP contribution in [-0.2, 0) is 14.3 Å². The van der Waals surface area contributed by atoms with Crippen molar-refractivity contribution >= 4 is 39.5 Å². The molecule has 158 valence electrons. The number of carbonyl (C=O) groups is 3. The van der Waals surface area contributed by atoms with E-state index in [4.69, 9.17) is 4.74 Å². The number of carbonyl (C=O) groups excluding carboxylic acids is 3. The van der Waals surface area contributed by atoms with Crippen LogP contribution in [0.25, 0.3) is 0 Å². The van der Waals surface area contributed by atoms with Crippen LogP contribution in [0.4, 0.5) is 10.5 Å². The number of ether oxygens (including phenoxy) is 1. The molecule has 1 aliphatic rings. The Kier molecular flexibility index (Phi) is 7.46. The summed E-state index contributed by atoms with van der Waals surface area (Å²) in [5.41, 5.74) is 1.34. The van der Waals surface area contributed by atoms with Gasteiger partial charge in [0, 0.05) is 23.2 Å². The van der Waals surface area contributed by atoms with Crippen LogP contribution in [0.2, 0.25) is 0 Å². The molecule has 3 amide bonds. The van der Waals surface area contributed by atoms with Gasteiger partial charge in [-0.15, -0.1) is 0 Å². The molecule has 1 saturated heterocycles. The van der Waals surface area contributed by atoms with Gasteiger partial charge in [-0.05, 0) is 42.7 Å². The summed E-state index contributed by atoms with van der Waals surface area (Å²) in [7, 11) is 1.29. The molecule has 1 fully saturated rings. The molecule has 0 aromatic heterocycles. The second kappa shape index (κ2) is 10.2. The number of likely N-dealkylation sites (tertiary alicyclic amines) is 1. The highest BCUT2D eigenvalue weighted by Gasteiger charge is 2.32. The topological polar surface area (TPSA) is 87.7 Å². The summed E-state index contributed by atoms with van der Waals surface area (Å²) < 4.78 is 5.74. The Morgan fingerprint density at radius 2 is 1.80 bits per heavy atom. The molecule has 3 rings (SSSR count). The number of urea groups is 1. The molecule has 30 heavy (non-hydrogen) atoms. The van der Waals surface area contributed by atoms with E-state index in [1.54, 1.807) is 29.2 Å². The molecular weight excluding hydrogens is 450 g/mol. The summed E-state index contributed by atoms with van der Waals surface area (Å²) in [6.45, 7) is 0.869. The fourth-order valence-electron chi connectivity index (χ4n) is 3.41. The molecule has 0 saturated carbocycles. The van der Waals surface area contributed by atoms with Crippen molar-refractivity contribution in [2.45, 2.75) is 18.9 Å². The molecule has 0 bridgehead atoms. The van der Waals surface area contributed by atoms with Gasteiger partial charge in [-0.3, -0.25) is 4.79 Å². The SMILES string of the molecule is COC(=O)C(NC(=O)C1CCCN(C(=O)Nc2ccccc2)C1)c1ccc(Br)cc1. The number of nitrogens with one attached hydrogen (secondary N) is 2. The molecule has 7 nitrogen and oxygen atoms in total. The molecule has 2 atom stereocenters. The lowest BCUT2D eigenvalue weighted by atomic mass is 9.96. The van der Waals surface area contributed by atoms with E-state index in [1.165, 1.54) is 7.11 Å². The normalized spacial score (nSPS) is 17.0. The lowest BCUT2D eigenvalue weighted by Gasteiger charge is -2.32. The Bertz CT molecular complexity index is 889. The monoisotopic (exact) mass is 473 g/mol. The number of nitrogens with zero attached hydrogens (tertiary/aromatic N) is 1. The van der Waals surface area contributed by atoms with Gasteiger partial charge >= 0.3 is 12.0 Å². The minimum atomic E-state index is -0.899. The van der Waals surface area contributed by atoms with Crippen molar-refractivity contribution in [2.75, 3.05) is 25.5 Å². The van der Waals surface area contributed by atoms with E-state index in [0.717, 1.165) is 4.47 Å². The first-order chi connectivity index (χ1) is 14.5. The Balaban J connectivity index is 1.65. The Hall–Kier alpha value is -2.87. The zero-order chi connectivity index (χ0) is 21.5. The maximum atomic E-state index is 12.9. The van der Waals surface area contributed by atoms with Crippen molar-refractivity contribution in [1.82, 2.24) is 10.2 Å². The van der Waals surface area contributed by atoms with Gasteiger partial charge in [0.2, 0.25) is 5.91 Å². The summed E-state index contributed by atoms with van der Waals surface area (Å²) >= 11 is 3.36. The molecule has 1 heterocycles. The van der Waals surface area contributed by atoms with Crippen molar-refractivity contribution in [3.05, 3.63) is 64.6 Å². The van der Waals surface area contributed by atoms with Gasteiger partial charge in [-0.2, -0.15) is 0 Å². The first-order valence-electron chi connectivity index (χ1n) is 9.72. The van der Waals surface area contributed by atoms with Crippen LogP contribution in [-0.4, -0.2) is 43.0 Å². The number of hydrogen-bond donors (Lipinski definition) is 2. The molecule has 2 aromatic rings. The average Bonchev–Trinajstić information content (AvgIpc) is 2.78. The maximum absolute atomic E-state index is 12.9. The number of amides is 3. The van der Waals surface area contributed by atoms with Crippen LogP contribution in [0.5, 0.6) is 0 Å². The van der Waals surface area contributed by atoms with Crippen molar-refractivity contribution in [1.29, 1.82) is 0 Å². The van der Waals surface area contributed by atoms with Crippen molar-refractivity contribution in [3.63, 3.8) is 0 Å². The smallest absolute Gasteiger partial charge is 0.333 e. The van der Waals surface area contributed by atoms with Crippen LogP contribution in [0.1, 0.15) is 24.4 Å². The molecule has 2 aromatic carbocycles. The summed E-state index contributed by atoms with van der Waals surface area (Å²) in [4.78, 5) is 39.4. The quantitative estimate of drug-likeness (QED) is 0.647. The third-order valence-electron chi connectivity index (χ3n) is 5.03. The van der Waals surface area contributed by atoms with Crippen molar-refractivity contribution in [2.24, 2.45) is 5.92 Å². The molecule has 1 aliphatic heterocycles. The zero-order valence-electron chi connectivity index (χ0n) is 16.6. The van der Waals surface area contributed by atoms with Gasteiger partial charge < -0.3 is 20.3 Å². The third-order valence-corrected chi connectivity index (χ3v) is 5.56. The summed E-state index contributed by atoms with van der Waals surface area (Å²) in [5.74, 6) is -1.21. The van der Waals surface area contributed by atoms with Crippen LogP contribution in [0, 0.1) is 5.92 Å². The molecule has 0 aliphatic carbocycles. The number of piperidine rings is 1. The molecule has 0 spiro atoms. The molecule has 2 N–H and O–H groups in total. The van der Waals surface area contributed by atoms with Crippen LogP contribution < -0.4 is 10.6 Å². The van der Waals surface area contributed by atoms with Gasteiger partial charge in [0.1, 0.15) is 0 Å². The molecule has 0 radical (unpaired) electrons. The highest BCUT2D eigenvalue weighted by atomic mass is 79.9. The average molecular weight is 474 g/mol. The number of hydrogen-bond acceptors (Lipinski definition) is 4. The largest absolute Gasteiger partial charge is 0.467 e. The highest BCUT2D eigenvalue weighted by Crippen LogP contribution is 2.22. The van der Waals surface area contributed by atoms with E-state index in [9.17, 15) is 14.4 Å². The summed E-state index contributed by atoms with van der Waals surface area (Å²) in [5, 5.41) is 5.64. The third kappa shape index (κ3) is 5.60. The molecule has 8 heteroatoms. The predicted molar refractivity (Wildman–Crippen MR) is 117 cm³/mol. The number of rotatable bonds is 5. The Labute approximate surface area is 183 Å². The number of benzene rings is 2. The van der Waals surface area contributed by atoms with Gasteiger partial charge in [-0.25, -0.2) is 9.59 Å². The fraction of sp³-hybridized carbons (Fsp3) is 0.318. The zero-order valence-corrected chi connectivity index (χ0v) is 18.2. The number of esters is 1. The minimum Gasteiger partial charge on any atom is -0.467 e. The second-order valence-corrected chi connectivity index (χ2v) is 8.01. The number of para-hydroxylation sites is 1. The van der Waals surface area contributed by atoms with Gasteiger partial charge in [0.25, 0.3) is 0 Å². The number of halogens is 1. The van der Waals surface area contributed by atoms with E-state index in [0.29, 0.717) is 37.2 Å². The minimum absolute atomic E-state index is 0.240. The Morgan fingerprint density at radius 3 is 2.47 bits per heavy atom. The van der Waals surface area contributed by atoms with Crippen molar-refractivity contribution in [3.8, 4) is 0 Å². The van der Waals surface area contributed by atoms with E-state index in [1.807, 2.05) is 30.3 Å². The first-order valence-corrected chi connectivity index (χ1v) is 10.5. The van der Waals surface area contributed by atoms with E-state index >= 15 is 0 Å². The van der Waals surface area contributed by atoms with Gasteiger partial charge in [-0.1, -0.05) is 46.3 Å². The highest BCUT2D eigenvalue weighted by molar-refractivity contribution is 9.10. The molecule has 2 unspecified atom stereocenters. The van der Waals surface area contributed by atoms with Crippen LogP contribution in [0.15, 0.2) is 59.1 Å². The molecular formula is C22H24BrN3O4. The second-order valence-electron chi connectivity index (χ2n) is 7.10. The fourth-order valence-corrected chi connectivity index (χ4v) is 3.68. The van der Waals surface area contributed by atoms with Crippen LogP contribution in [0.3, 0.4) is 0 Å². The van der Waals surface area contributed by atoms with E-state index in [-0.39, 0.29) is 11.9 Å². The van der Waals surface area contributed by atoms with Crippen LogP contribution >= 0.6 is 15.9 Å².